The van der Waals surface area contributed by atoms with E-state index in [0.29, 0.717) is 52.2 Å². The summed E-state index contributed by atoms with van der Waals surface area (Å²) in [6.45, 7) is 2.24. The van der Waals surface area contributed by atoms with Gasteiger partial charge in [-0.05, 0) is 61.0 Å². The lowest BCUT2D eigenvalue weighted by molar-refractivity contribution is -0.129. The van der Waals surface area contributed by atoms with E-state index >= 15 is 0 Å². The summed E-state index contributed by atoms with van der Waals surface area (Å²) in [6, 6.07) is 13.0. The molecule has 0 atom stereocenters. The van der Waals surface area contributed by atoms with Crippen molar-refractivity contribution in [3.8, 4) is 40.2 Å². The molecular weight excluding hydrogens is 522 g/mol. The molecule has 0 aromatic heterocycles. The van der Waals surface area contributed by atoms with Gasteiger partial charge in [0.1, 0.15) is 0 Å². The third-order valence-corrected chi connectivity index (χ3v) is 5.91. The van der Waals surface area contributed by atoms with Crippen LogP contribution in [0.3, 0.4) is 0 Å². The van der Waals surface area contributed by atoms with Gasteiger partial charge >= 0.3 is 11.9 Å². The van der Waals surface area contributed by atoms with Crippen molar-refractivity contribution in [2.75, 3.05) is 34.7 Å². The van der Waals surface area contributed by atoms with Crippen LogP contribution < -0.4 is 33.2 Å². The molecule has 5 rings (SSSR count). The van der Waals surface area contributed by atoms with Gasteiger partial charge in [-0.25, -0.2) is 14.6 Å². The predicted octanol–water partition coefficient (Wildman–Crippen LogP) is 4.40. The average molecular weight is 548 g/mol. The van der Waals surface area contributed by atoms with Crippen molar-refractivity contribution in [1.29, 1.82) is 0 Å². The molecule has 0 unspecified atom stereocenters. The highest BCUT2D eigenvalue weighted by molar-refractivity contribution is 6.13. The van der Waals surface area contributed by atoms with E-state index in [1.54, 1.807) is 49.4 Å². The standard InChI is InChI=1S/C29H25NO10/c1-5-36-22-11-16(10-19-29(32)40-27(30-19)17-7-9-20-23(12-17)38-15-37-20)6-8-21(22)39-28(31)18-13-24(33-2)26(35-4)25(14-18)34-3/h6-14H,5,15H2,1-4H3/b19-10+. The van der Waals surface area contributed by atoms with Crippen LogP contribution in [0.2, 0.25) is 0 Å². The minimum Gasteiger partial charge on any atom is -0.493 e. The van der Waals surface area contributed by atoms with Crippen LogP contribution in [0.5, 0.6) is 40.2 Å². The molecule has 0 fully saturated rings. The number of fused-ring (bicyclic) bond motifs is 1. The fourth-order valence-corrected chi connectivity index (χ4v) is 4.04. The zero-order valence-corrected chi connectivity index (χ0v) is 22.1. The zero-order chi connectivity index (χ0) is 28.2. The average Bonchev–Trinajstić information content (AvgIpc) is 3.59. The third kappa shape index (κ3) is 5.21. The van der Waals surface area contributed by atoms with Crippen LogP contribution in [0.25, 0.3) is 6.08 Å². The third-order valence-electron chi connectivity index (χ3n) is 5.91. The van der Waals surface area contributed by atoms with Crippen LogP contribution in [-0.4, -0.2) is 52.6 Å². The van der Waals surface area contributed by atoms with Gasteiger partial charge in [-0.2, -0.15) is 0 Å². The maximum atomic E-state index is 13.0. The van der Waals surface area contributed by atoms with Crippen LogP contribution in [0.15, 0.2) is 59.2 Å². The molecule has 11 nitrogen and oxygen atoms in total. The molecule has 0 spiro atoms. The first kappa shape index (κ1) is 26.4. The van der Waals surface area contributed by atoms with Crippen molar-refractivity contribution >= 4 is 23.9 Å². The van der Waals surface area contributed by atoms with E-state index in [4.69, 9.17) is 37.9 Å². The Morgan fingerprint density at radius 1 is 0.900 bits per heavy atom. The fourth-order valence-electron chi connectivity index (χ4n) is 4.04. The van der Waals surface area contributed by atoms with Gasteiger partial charge in [0, 0.05) is 5.56 Å². The van der Waals surface area contributed by atoms with Crippen molar-refractivity contribution in [1.82, 2.24) is 0 Å². The molecule has 0 amide bonds. The second kappa shape index (κ2) is 11.3. The van der Waals surface area contributed by atoms with E-state index in [-0.39, 0.29) is 29.7 Å². The van der Waals surface area contributed by atoms with Gasteiger partial charge < -0.3 is 37.9 Å². The summed E-state index contributed by atoms with van der Waals surface area (Å²) in [6.07, 6.45) is 1.55. The Labute approximate surface area is 229 Å². The molecule has 0 aliphatic carbocycles. The number of ether oxygens (including phenoxy) is 8. The monoisotopic (exact) mass is 547 g/mol. The Balaban J connectivity index is 1.39. The van der Waals surface area contributed by atoms with Crippen LogP contribution in [0, 0.1) is 0 Å². The Hall–Kier alpha value is -5.19. The number of carbonyl (C=O) groups excluding carboxylic acids is 2. The quantitative estimate of drug-likeness (QED) is 0.216. The SMILES string of the molecule is CCOc1cc(/C=C2/N=C(c3ccc4c(c3)OCO4)OC2=O)ccc1OC(=O)c1cc(OC)c(OC)c(OC)c1. The molecule has 206 valence electrons. The smallest absolute Gasteiger partial charge is 0.363 e. The Morgan fingerprint density at radius 2 is 1.65 bits per heavy atom. The first-order chi connectivity index (χ1) is 19.4. The van der Waals surface area contributed by atoms with Gasteiger partial charge in [-0.1, -0.05) is 6.07 Å². The van der Waals surface area contributed by atoms with Crippen molar-refractivity contribution in [3.05, 3.63) is 70.9 Å². The van der Waals surface area contributed by atoms with Crippen LogP contribution in [-0.2, 0) is 9.53 Å². The van der Waals surface area contributed by atoms with Crippen LogP contribution in [0.4, 0.5) is 0 Å². The Morgan fingerprint density at radius 3 is 2.35 bits per heavy atom. The summed E-state index contributed by atoms with van der Waals surface area (Å²) in [5.41, 5.74) is 1.43. The van der Waals surface area contributed by atoms with E-state index < -0.39 is 11.9 Å². The van der Waals surface area contributed by atoms with Gasteiger partial charge in [0.25, 0.3) is 0 Å². The second-order valence-corrected chi connectivity index (χ2v) is 8.35. The van der Waals surface area contributed by atoms with Gasteiger partial charge in [0.2, 0.25) is 18.4 Å². The number of carbonyl (C=O) groups is 2. The van der Waals surface area contributed by atoms with Gasteiger partial charge in [-0.15, -0.1) is 0 Å². The molecule has 2 heterocycles. The van der Waals surface area contributed by atoms with Gasteiger partial charge in [0.15, 0.2) is 40.2 Å². The minimum atomic E-state index is -0.663. The van der Waals surface area contributed by atoms with Crippen molar-refractivity contribution in [2.45, 2.75) is 6.92 Å². The molecule has 3 aromatic rings. The molecule has 0 N–H and O–H groups in total. The minimum absolute atomic E-state index is 0.0947. The highest BCUT2D eigenvalue weighted by Gasteiger charge is 2.26. The fraction of sp³-hybridized carbons (Fsp3) is 0.207. The molecular formula is C29H25NO10. The number of benzene rings is 3. The van der Waals surface area contributed by atoms with Crippen molar-refractivity contribution in [3.63, 3.8) is 0 Å². The first-order valence-electron chi connectivity index (χ1n) is 12.2. The number of hydrogen-bond donors (Lipinski definition) is 0. The second-order valence-electron chi connectivity index (χ2n) is 8.35. The maximum Gasteiger partial charge on any atom is 0.363 e. The predicted molar refractivity (Wildman–Crippen MR) is 142 cm³/mol. The molecule has 0 saturated heterocycles. The highest BCUT2D eigenvalue weighted by Crippen LogP contribution is 2.39. The lowest BCUT2D eigenvalue weighted by Crippen LogP contribution is -2.11. The van der Waals surface area contributed by atoms with Gasteiger partial charge in [0.05, 0.1) is 33.5 Å². The number of rotatable bonds is 9. The van der Waals surface area contributed by atoms with Crippen LogP contribution >= 0.6 is 0 Å². The summed E-state index contributed by atoms with van der Waals surface area (Å²) >= 11 is 0. The normalized spacial score (nSPS) is 14.4. The van der Waals surface area contributed by atoms with E-state index in [9.17, 15) is 9.59 Å². The Bertz CT molecular complexity index is 1520. The summed E-state index contributed by atoms with van der Waals surface area (Å²) in [5, 5.41) is 0. The summed E-state index contributed by atoms with van der Waals surface area (Å²) in [5.74, 6) is 1.48. The number of methoxy groups -OCH3 is 3. The number of aliphatic imine (C=N–C) groups is 1. The molecule has 0 radical (unpaired) electrons. The molecule has 2 aliphatic rings. The summed E-state index contributed by atoms with van der Waals surface area (Å²) in [4.78, 5) is 29.9. The van der Waals surface area contributed by atoms with E-state index in [0.717, 1.165) is 0 Å². The van der Waals surface area contributed by atoms with E-state index in [2.05, 4.69) is 4.99 Å². The number of nitrogens with zero attached hydrogens (tertiary/aromatic N) is 1. The zero-order valence-electron chi connectivity index (χ0n) is 22.1. The number of esters is 2. The lowest BCUT2D eigenvalue weighted by Gasteiger charge is -2.15. The molecule has 3 aromatic carbocycles. The molecule has 11 heteroatoms. The summed E-state index contributed by atoms with van der Waals surface area (Å²) < 4.78 is 43.4. The first-order valence-corrected chi connectivity index (χ1v) is 12.2. The van der Waals surface area contributed by atoms with Crippen molar-refractivity contribution < 1.29 is 47.5 Å². The summed E-state index contributed by atoms with van der Waals surface area (Å²) in [7, 11) is 4.38. The molecule has 2 aliphatic heterocycles. The van der Waals surface area contributed by atoms with E-state index in [1.165, 1.54) is 33.5 Å². The highest BCUT2D eigenvalue weighted by atomic mass is 16.7. The Kier molecular flexibility index (Phi) is 7.45. The van der Waals surface area contributed by atoms with E-state index in [1.807, 2.05) is 0 Å². The molecule has 40 heavy (non-hydrogen) atoms. The maximum absolute atomic E-state index is 13.0. The van der Waals surface area contributed by atoms with Crippen molar-refractivity contribution in [2.24, 2.45) is 4.99 Å². The van der Waals surface area contributed by atoms with Crippen LogP contribution in [0.1, 0.15) is 28.4 Å². The largest absolute Gasteiger partial charge is 0.493 e. The molecule has 0 bridgehead atoms. The molecule has 0 saturated carbocycles. The number of hydrogen-bond acceptors (Lipinski definition) is 11. The number of cyclic esters (lactones) is 1. The van der Waals surface area contributed by atoms with Gasteiger partial charge in [-0.3, -0.25) is 0 Å². The topological polar surface area (TPSA) is 120 Å². The lowest BCUT2D eigenvalue weighted by atomic mass is 10.1.